The number of nitrogens with one attached hydrogen (secondary N) is 3. The minimum atomic E-state index is -0.840. The standard InChI is InChI=1S/C23H28N4O4/c1-4-16(3)25-22(29)23(30)27-24-14-18-7-6-8-20(13-18)31-15-21(28)26-19-11-9-17(5-2)10-12-19/h6-14,16H,4-5,15H2,1-3H3,(H,25,29)(H,26,28)(H,27,30)/b24-14-/t16-/m1/s1. The van der Waals surface area contributed by atoms with Crippen molar-refractivity contribution in [3.8, 4) is 5.75 Å². The van der Waals surface area contributed by atoms with Gasteiger partial charge in [0.25, 0.3) is 5.91 Å². The Morgan fingerprint density at radius 2 is 1.81 bits per heavy atom. The lowest BCUT2D eigenvalue weighted by atomic mass is 10.1. The maximum atomic E-state index is 12.1. The van der Waals surface area contributed by atoms with E-state index in [0.717, 1.165) is 12.8 Å². The molecule has 31 heavy (non-hydrogen) atoms. The molecule has 0 unspecified atom stereocenters. The van der Waals surface area contributed by atoms with Crippen LogP contribution in [0.25, 0.3) is 0 Å². The van der Waals surface area contributed by atoms with Crippen molar-refractivity contribution in [1.29, 1.82) is 0 Å². The van der Waals surface area contributed by atoms with Crippen molar-refractivity contribution < 1.29 is 19.1 Å². The molecule has 0 bridgehead atoms. The minimum absolute atomic E-state index is 0.0936. The van der Waals surface area contributed by atoms with Crippen LogP contribution in [0.5, 0.6) is 5.75 Å². The van der Waals surface area contributed by atoms with Gasteiger partial charge in [-0.2, -0.15) is 5.10 Å². The number of carbonyl (C=O) groups excluding carboxylic acids is 3. The van der Waals surface area contributed by atoms with Crippen molar-refractivity contribution in [2.45, 2.75) is 39.7 Å². The number of aryl methyl sites for hydroxylation is 1. The molecule has 3 N–H and O–H groups in total. The largest absolute Gasteiger partial charge is 0.484 e. The Hall–Kier alpha value is -3.68. The normalized spacial score (nSPS) is 11.6. The van der Waals surface area contributed by atoms with Gasteiger partial charge in [0.15, 0.2) is 6.61 Å². The molecular weight excluding hydrogens is 396 g/mol. The number of hydrazone groups is 1. The molecule has 3 amide bonds. The van der Waals surface area contributed by atoms with Crippen molar-refractivity contribution in [1.82, 2.24) is 10.7 Å². The summed E-state index contributed by atoms with van der Waals surface area (Å²) in [7, 11) is 0. The summed E-state index contributed by atoms with van der Waals surface area (Å²) in [6, 6.07) is 14.4. The molecule has 0 fully saturated rings. The topological polar surface area (TPSA) is 109 Å². The van der Waals surface area contributed by atoms with E-state index in [0.29, 0.717) is 17.0 Å². The molecule has 0 heterocycles. The molecule has 8 nitrogen and oxygen atoms in total. The lowest BCUT2D eigenvalue weighted by molar-refractivity contribution is -0.139. The fourth-order valence-electron chi connectivity index (χ4n) is 2.46. The first-order valence-electron chi connectivity index (χ1n) is 10.2. The second-order valence-corrected chi connectivity index (χ2v) is 6.94. The van der Waals surface area contributed by atoms with Gasteiger partial charge >= 0.3 is 11.8 Å². The number of amides is 3. The monoisotopic (exact) mass is 424 g/mol. The molecule has 0 radical (unpaired) electrons. The third kappa shape index (κ3) is 8.30. The third-order valence-corrected chi connectivity index (χ3v) is 4.45. The van der Waals surface area contributed by atoms with Crippen molar-refractivity contribution in [3.63, 3.8) is 0 Å². The lowest BCUT2D eigenvalue weighted by Gasteiger charge is -2.09. The van der Waals surface area contributed by atoms with Gasteiger partial charge in [0.1, 0.15) is 5.75 Å². The smallest absolute Gasteiger partial charge is 0.329 e. The van der Waals surface area contributed by atoms with E-state index in [9.17, 15) is 14.4 Å². The number of rotatable bonds is 9. The highest BCUT2D eigenvalue weighted by atomic mass is 16.5. The van der Waals surface area contributed by atoms with Gasteiger partial charge in [-0.1, -0.05) is 38.1 Å². The molecule has 2 aromatic carbocycles. The molecule has 8 heteroatoms. The Morgan fingerprint density at radius 3 is 2.48 bits per heavy atom. The number of nitrogens with zero attached hydrogens (tertiary/aromatic N) is 1. The van der Waals surface area contributed by atoms with Crippen LogP contribution in [0.2, 0.25) is 0 Å². The fraction of sp³-hybridized carbons (Fsp3) is 0.304. The molecule has 164 valence electrons. The Kier molecular flexibility index (Phi) is 9.22. The van der Waals surface area contributed by atoms with E-state index in [4.69, 9.17) is 4.74 Å². The van der Waals surface area contributed by atoms with E-state index in [2.05, 4.69) is 28.1 Å². The summed E-state index contributed by atoms with van der Waals surface area (Å²) in [4.78, 5) is 35.5. The van der Waals surface area contributed by atoms with Crippen LogP contribution in [-0.4, -0.2) is 36.6 Å². The van der Waals surface area contributed by atoms with E-state index < -0.39 is 11.8 Å². The Labute approximate surface area is 182 Å². The van der Waals surface area contributed by atoms with Gasteiger partial charge in [-0.15, -0.1) is 0 Å². The van der Waals surface area contributed by atoms with Gasteiger partial charge in [0.05, 0.1) is 6.21 Å². The number of hydrogen-bond donors (Lipinski definition) is 3. The molecule has 0 aromatic heterocycles. The maximum Gasteiger partial charge on any atom is 0.329 e. The predicted octanol–water partition coefficient (Wildman–Crippen LogP) is 2.63. The number of benzene rings is 2. The number of ether oxygens (including phenoxy) is 1. The number of carbonyl (C=O) groups is 3. The number of hydrogen-bond acceptors (Lipinski definition) is 5. The molecule has 0 spiro atoms. The van der Waals surface area contributed by atoms with Gasteiger partial charge in [0, 0.05) is 11.7 Å². The summed E-state index contributed by atoms with van der Waals surface area (Å²) in [5.74, 6) is -1.38. The zero-order valence-electron chi connectivity index (χ0n) is 18.0. The van der Waals surface area contributed by atoms with Crippen molar-refractivity contribution in [2.24, 2.45) is 5.10 Å². The van der Waals surface area contributed by atoms with Gasteiger partial charge in [-0.25, -0.2) is 5.43 Å². The Morgan fingerprint density at radius 1 is 1.06 bits per heavy atom. The molecule has 0 aliphatic carbocycles. The summed E-state index contributed by atoms with van der Waals surface area (Å²) in [6.45, 7) is 5.63. The summed E-state index contributed by atoms with van der Waals surface area (Å²) in [5, 5.41) is 9.11. The van der Waals surface area contributed by atoms with Crippen molar-refractivity contribution in [3.05, 3.63) is 59.7 Å². The molecule has 0 saturated heterocycles. The highest BCUT2D eigenvalue weighted by molar-refractivity contribution is 6.35. The second-order valence-electron chi connectivity index (χ2n) is 6.94. The molecule has 0 saturated carbocycles. The van der Waals surface area contributed by atoms with E-state index >= 15 is 0 Å². The van der Waals surface area contributed by atoms with Crippen LogP contribution in [0.4, 0.5) is 5.69 Å². The quantitative estimate of drug-likeness (QED) is 0.327. The van der Waals surface area contributed by atoms with Gasteiger partial charge < -0.3 is 15.4 Å². The molecular formula is C23H28N4O4. The van der Waals surface area contributed by atoms with Crippen LogP contribution < -0.4 is 20.8 Å². The van der Waals surface area contributed by atoms with Crippen LogP contribution >= 0.6 is 0 Å². The molecule has 2 aromatic rings. The molecule has 2 rings (SSSR count). The fourth-order valence-corrected chi connectivity index (χ4v) is 2.46. The first-order valence-corrected chi connectivity index (χ1v) is 10.2. The third-order valence-electron chi connectivity index (χ3n) is 4.45. The van der Waals surface area contributed by atoms with Gasteiger partial charge in [-0.3, -0.25) is 14.4 Å². The molecule has 1 atom stereocenters. The van der Waals surface area contributed by atoms with Crippen LogP contribution in [0.15, 0.2) is 53.6 Å². The number of anilines is 1. The Balaban J connectivity index is 1.82. The lowest BCUT2D eigenvalue weighted by Crippen LogP contribution is -2.41. The summed E-state index contributed by atoms with van der Waals surface area (Å²) in [6.07, 6.45) is 3.04. The predicted molar refractivity (Wildman–Crippen MR) is 120 cm³/mol. The average Bonchev–Trinajstić information content (AvgIpc) is 2.78. The van der Waals surface area contributed by atoms with E-state index in [1.807, 2.05) is 38.1 Å². The second kappa shape index (κ2) is 12.1. The molecule has 0 aliphatic heterocycles. The van der Waals surface area contributed by atoms with Crippen LogP contribution in [0, 0.1) is 0 Å². The first-order chi connectivity index (χ1) is 14.9. The molecule has 0 aliphatic rings. The maximum absolute atomic E-state index is 12.1. The van der Waals surface area contributed by atoms with Crippen LogP contribution in [0.3, 0.4) is 0 Å². The van der Waals surface area contributed by atoms with E-state index in [1.54, 1.807) is 24.3 Å². The van der Waals surface area contributed by atoms with E-state index in [-0.39, 0.29) is 18.6 Å². The summed E-state index contributed by atoms with van der Waals surface area (Å²) < 4.78 is 5.52. The highest BCUT2D eigenvalue weighted by Gasteiger charge is 2.14. The van der Waals surface area contributed by atoms with Gasteiger partial charge in [-0.05, 0) is 55.2 Å². The van der Waals surface area contributed by atoms with Crippen LogP contribution in [-0.2, 0) is 20.8 Å². The Bertz CT molecular complexity index is 925. The van der Waals surface area contributed by atoms with Crippen LogP contribution in [0.1, 0.15) is 38.3 Å². The zero-order chi connectivity index (χ0) is 22.6. The van der Waals surface area contributed by atoms with Crippen molar-refractivity contribution in [2.75, 3.05) is 11.9 Å². The first kappa shape index (κ1) is 23.6. The van der Waals surface area contributed by atoms with Crippen molar-refractivity contribution >= 4 is 29.6 Å². The van der Waals surface area contributed by atoms with E-state index in [1.165, 1.54) is 11.8 Å². The summed E-state index contributed by atoms with van der Waals surface area (Å²) in [5.41, 5.74) is 4.72. The highest BCUT2D eigenvalue weighted by Crippen LogP contribution is 2.13. The zero-order valence-corrected chi connectivity index (χ0v) is 18.0. The summed E-state index contributed by atoms with van der Waals surface area (Å²) >= 11 is 0. The minimum Gasteiger partial charge on any atom is -0.484 e. The average molecular weight is 425 g/mol. The van der Waals surface area contributed by atoms with Gasteiger partial charge in [0.2, 0.25) is 0 Å². The SMILES string of the molecule is CCc1ccc(NC(=O)COc2cccc(/C=N\NC(=O)C(=O)N[C@H](C)CC)c2)cc1.